The van der Waals surface area contributed by atoms with Crippen molar-refractivity contribution in [3.63, 3.8) is 0 Å². The van der Waals surface area contributed by atoms with E-state index in [1.54, 1.807) is 23.3 Å². The molecule has 2 heterocycles. The first kappa shape index (κ1) is 13.7. The lowest BCUT2D eigenvalue weighted by Gasteiger charge is -2.04. The summed E-state index contributed by atoms with van der Waals surface area (Å²) in [7, 11) is -3.65. The zero-order chi connectivity index (χ0) is 13.9. The Bertz CT molecular complexity index is 661. The second kappa shape index (κ2) is 5.51. The maximum atomic E-state index is 11.9. The van der Waals surface area contributed by atoms with Crippen LogP contribution in [0.15, 0.2) is 34.4 Å². The van der Waals surface area contributed by atoms with E-state index in [1.165, 1.54) is 5.38 Å². The Labute approximate surface area is 113 Å². The highest BCUT2D eigenvalue weighted by Gasteiger charge is 2.18. The van der Waals surface area contributed by atoms with Crippen LogP contribution in [0.5, 0.6) is 0 Å². The van der Waals surface area contributed by atoms with Gasteiger partial charge in [0.2, 0.25) is 10.0 Å². The first-order valence-corrected chi connectivity index (χ1v) is 7.62. The molecule has 0 aliphatic heterocycles. The highest BCUT2D eigenvalue weighted by atomic mass is 32.2. The third-order valence-electron chi connectivity index (χ3n) is 2.31. The fraction of sp³-hybridized carbons (Fsp3) is 0.200. The number of sulfonamides is 1. The number of aromatic nitrogens is 2. The molecule has 7 nitrogen and oxygen atoms in total. The van der Waals surface area contributed by atoms with E-state index in [4.69, 9.17) is 5.11 Å². The molecule has 2 N–H and O–H groups in total. The van der Waals surface area contributed by atoms with Crippen molar-refractivity contribution in [2.24, 2.45) is 0 Å². The molecular weight excluding hydrogens is 290 g/mol. The Kier molecular flexibility index (Phi) is 3.98. The lowest BCUT2D eigenvalue weighted by atomic mass is 10.4. The Balaban J connectivity index is 1.99. The van der Waals surface area contributed by atoms with Crippen molar-refractivity contribution in [1.29, 1.82) is 0 Å². The fourth-order valence-electron chi connectivity index (χ4n) is 1.37. The molecule has 0 saturated carbocycles. The molecular formula is C10H11N3O4S2. The van der Waals surface area contributed by atoms with Crippen LogP contribution in [0.2, 0.25) is 0 Å². The minimum Gasteiger partial charge on any atom is -0.478 e. The summed E-state index contributed by atoms with van der Waals surface area (Å²) in [6, 6.07) is 1.15. The summed E-state index contributed by atoms with van der Waals surface area (Å²) < 4.78 is 27.9. The predicted octanol–water partition coefficient (Wildman–Crippen LogP) is 0.621. The molecule has 0 amide bonds. The van der Waals surface area contributed by atoms with Crippen LogP contribution in [-0.2, 0) is 16.6 Å². The highest BCUT2D eigenvalue weighted by molar-refractivity contribution is 7.91. The van der Waals surface area contributed by atoms with E-state index in [2.05, 4.69) is 9.71 Å². The van der Waals surface area contributed by atoms with Crippen LogP contribution in [0, 0.1) is 0 Å². The van der Waals surface area contributed by atoms with Gasteiger partial charge in [-0.2, -0.15) is 0 Å². The molecule has 19 heavy (non-hydrogen) atoms. The third-order valence-corrected chi connectivity index (χ3v) is 5.21. The molecule has 0 aliphatic carbocycles. The van der Waals surface area contributed by atoms with Gasteiger partial charge in [-0.15, -0.1) is 11.3 Å². The SMILES string of the molecule is O=C(O)c1csc(S(=O)(=O)NCCn2ccnc2)c1. The van der Waals surface area contributed by atoms with E-state index in [9.17, 15) is 13.2 Å². The van der Waals surface area contributed by atoms with Crippen molar-refractivity contribution < 1.29 is 18.3 Å². The highest BCUT2D eigenvalue weighted by Crippen LogP contribution is 2.19. The molecule has 9 heteroatoms. The van der Waals surface area contributed by atoms with Crippen LogP contribution < -0.4 is 4.72 Å². The molecule has 102 valence electrons. The minimum atomic E-state index is -3.65. The van der Waals surface area contributed by atoms with E-state index in [1.807, 2.05) is 0 Å². The molecule has 0 fully saturated rings. The Morgan fingerprint density at radius 2 is 2.32 bits per heavy atom. The summed E-state index contributed by atoms with van der Waals surface area (Å²) in [5.41, 5.74) is -0.0278. The normalized spacial score (nSPS) is 11.6. The van der Waals surface area contributed by atoms with E-state index < -0.39 is 16.0 Å². The van der Waals surface area contributed by atoms with E-state index in [0.717, 1.165) is 17.4 Å². The summed E-state index contributed by atoms with van der Waals surface area (Å²) in [6.07, 6.45) is 4.91. The fourth-order valence-corrected chi connectivity index (χ4v) is 3.59. The smallest absolute Gasteiger partial charge is 0.336 e. The Hall–Kier alpha value is -1.71. The maximum absolute atomic E-state index is 11.9. The van der Waals surface area contributed by atoms with E-state index >= 15 is 0 Å². The van der Waals surface area contributed by atoms with E-state index in [-0.39, 0.29) is 16.3 Å². The molecule has 2 rings (SSSR count). The zero-order valence-corrected chi connectivity index (χ0v) is 11.3. The average molecular weight is 301 g/mol. The molecule has 2 aromatic rings. The van der Waals surface area contributed by atoms with Crippen LogP contribution in [0.4, 0.5) is 0 Å². The van der Waals surface area contributed by atoms with Crippen LogP contribution in [0.1, 0.15) is 10.4 Å². The quantitative estimate of drug-likeness (QED) is 0.814. The number of rotatable bonds is 6. The van der Waals surface area contributed by atoms with Crippen molar-refractivity contribution >= 4 is 27.3 Å². The topological polar surface area (TPSA) is 101 Å². The number of hydrogen-bond donors (Lipinski definition) is 2. The molecule has 2 aromatic heterocycles. The lowest BCUT2D eigenvalue weighted by molar-refractivity contribution is 0.0697. The predicted molar refractivity (Wildman–Crippen MR) is 68.7 cm³/mol. The van der Waals surface area contributed by atoms with Gasteiger partial charge in [0.05, 0.1) is 11.9 Å². The van der Waals surface area contributed by atoms with Crippen LogP contribution in [0.25, 0.3) is 0 Å². The van der Waals surface area contributed by atoms with Crippen molar-refractivity contribution in [3.8, 4) is 0 Å². The number of hydrogen-bond acceptors (Lipinski definition) is 5. The van der Waals surface area contributed by atoms with Crippen LogP contribution >= 0.6 is 11.3 Å². The molecule has 0 spiro atoms. The maximum Gasteiger partial charge on any atom is 0.336 e. The molecule has 0 saturated heterocycles. The molecule has 0 aromatic carbocycles. The number of carboxylic acid groups (broad SMARTS) is 1. The molecule has 0 unspecified atom stereocenters. The summed E-state index contributed by atoms with van der Waals surface area (Å²) >= 11 is 0.882. The van der Waals surface area contributed by atoms with Gasteiger partial charge in [-0.25, -0.2) is 22.9 Å². The lowest BCUT2D eigenvalue weighted by Crippen LogP contribution is -2.26. The van der Waals surface area contributed by atoms with Crippen molar-refractivity contribution in [2.75, 3.05) is 6.54 Å². The van der Waals surface area contributed by atoms with Gasteiger partial charge in [-0.05, 0) is 6.07 Å². The van der Waals surface area contributed by atoms with Crippen molar-refractivity contribution in [2.45, 2.75) is 10.8 Å². The summed E-state index contributed by atoms with van der Waals surface area (Å²) in [4.78, 5) is 14.5. The number of aromatic carboxylic acids is 1. The summed E-state index contributed by atoms with van der Waals surface area (Å²) in [5, 5.41) is 10.0. The van der Waals surface area contributed by atoms with E-state index in [0.29, 0.717) is 6.54 Å². The molecule has 0 atom stereocenters. The number of nitrogens with zero attached hydrogens (tertiary/aromatic N) is 2. The summed E-state index contributed by atoms with van der Waals surface area (Å²) in [5.74, 6) is -1.14. The van der Waals surface area contributed by atoms with Gasteiger partial charge in [0.25, 0.3) is 0 Å². The largest absolute Gasteiger partial charge is 0.478 e. The van der Waals surface area contributed by atoms with Gasteiger partial charge in [-0.3, -0.25) is 0 Å². The first-order chi connectivity index (χ1) is 8.99. The monoisotopic (exact) mass is 301 g/mol. The zero-order valence-electron chi connectivity index (χ0n) is 9.68. The molecule has 0 radical (unpaired) electrons. The standard InChI is InChI=1S/C10H11N3O4S2/c14-10(15)8-5-9(18-6-8)19(16,17)12-2-4-13-3-1-11-7-13/h1,3,5-7,12H,2,4H2,(H,14,15). The number of imidazole rings is 1. The molecule has 0 aliphatic rings. The van der Waals surface area contributed by atoms with Crippen molar-refractivity contribution in [3.05, 3.63) is 35.7 Å². The van der Waals surface area contributed by atoms with Gasteiger partial charge in [-0.1, -0.05) is 0 Å². The van der Waals surface area contributed by atoms with Crippen molar-refractivity contribution in [1.82, 2.24) is 14.3 Å². The Morgan fingerprint density at radius 3 is 2.89 bits per heavy atom. The Morgan fingerprint density at radius 1 is 1.53 bits per heavy atom. The van der Waals surface area contributed by atoms with Crippen LogP contribution in [-0.4, -0.2) is 35.6 Å². The minimum absolute atomic E-state index is 0.00414. The first-order valence-electron chi connectivity index (χ1n) is 5.26. The summed E-state index contributed by atoms with van der Waals surface area (Å²) in [6.45, 7) is 0.662. The van der Waals surface area contributed by atoms with Gasteiger partial charge in [0.1, 0.15) is 4.21 Å². The van der Waals surface area contributed by atoms with Crippen LogP contribution in [0.3, 0.4) is 0 Å². The number of thiophene rings is 1. The second-order valence-electron chi connectivity index (χ2n) is 3.66. The van der Waals surface area contributed by atoms with Gasteiger partial charge >= 0.3 is 5.97 Å². The number of carbonyl (C=O) groups is 1. The third kappa shape index (κ3) is 3.40. The van der Waals surface area contributed by atoms with Gasteiger partial charge in [0.15, 0.2) is 0 Å². The number of carboxylic acids is 1. The van der Waals surface area contributed by atoms with Gasteiger partial charge < -0.3 is 9.67 Å². The number of nitrogens with one attached hydrogen (secondary N) is 1. The average Bonchev–Trinajstić information content (AvgIpc) is 2.99. The molecule has 0 bridgehead atoms. The second-order valence-corrected chi connectivity index (χ2v) is 6.56. The van der Waals surface area contributed by atoms with Gasteiger partial charge in [0, 0.05) is 30.9 Å².